The second-order valence-electron chi connectivity index (χ2n) is 7.33. The van der Waals surface area contributed by atoms with E-state index in [9.17, 15) is 9.59 Å². The van der Waals surface area contributed by atoms with Crippen molar-refractivity contribution in [1.29, 1.82) is 0 Å². The average molecular weight is 297 g/mol. The molecule has 21 heavy (non-hydrogen) atoms. The molecule has 2 atom stereocenters. The standard InChI is InChI=1S/C17H31NO3/c1-6-12(2)15(18-16(20)21-17(3,4)5)14(19)11-13-9-7-8-10-13/h12-13,15H,6-11H2,1-5H3,(H,18,20)/t12-,15-/m1/s1. The molecule has 1 fully saturated rings. The highest BCUT2D eigenvalue weighted by Gasteiger charge is 2.30. The van der Waals surface area contributed by atoms with Crippen molar-refractivity contribution in [3.8, 4) is 0 Å². The minimum absolute atomic E-state index is 0.131. The molecule has 4 nitrogen and oxygen atoms in total. The summed E-state index contributed by atoms with van der Waals surface area (Å²) in [5.74, 6) is 0.790. The van der Waals surface area contributed by atoms with Crippen molar-refractivity contribution in [2.24, 2.45) is 11.8 Å². The number of amides is 1. The molecule has 0 aromatic rings. The topological polar surface area (TPSA) is 55.4 Å². The van der Waals surface area contributed by atoms with Crippen molar-refractivity contribution >= 4 is 11.9 Å². The van der Waals surface area contributed by atoms with Gasteiger partial charge < -0.3 is 10.1 Å². The van der Waals surface area contributed by atoms with Crippen LogP contribution in [0.15, 0.2) is 0 Å². The number of carbonyl (C=O) groups is 2. The molecule has 4 heteroatoms. The molecule has 0 radical (unpaired) electrons. The summed E-state index contributed by atoms with van der Waals surface area (Å²) in [7, 11) is 0. The number of ketones is 1. The summed E-state index contributed by atoms with van der Waals surface area (Å²) in [6, 6.07) is -0.426. The van der Waals surface area contributed by atoms with Crippen LogP contribution in [0, 0.1) is 11.8 Å². The number of hydrogen-bond acceptors (Lipinski definition) is 3. The lowest BCUT2D eigenvalue weighted by molar-refractivity contribution is -0.123. The highest BCUT2D eigenvalue weighted by atomic mass is 16.6. The number of rotatable bonds is 6. The van der Waals surface area contributed by atoms with Crippen LogP contribution in [0.25, 0.3) is 0 Å². The number of carbonyl (C=O) groups excluding carboxylic acids is 2. The van der Waals surface area contributed by atoms with Gasteiger partial charge in [0.2, 0.25) is 0 Å². The molecule has 1 aliphatic carbocycles. The van der Waals surface area contributed by atoms with Gasteiger partial charge in [0, 0.05) is 6.42 Å². The van der Waals surface area contributed by atoms with Gasteiger partial charge in [-0.05, 0) is 32.6 Å². The van der Waals surface area contributed by atoms with E-state index in [0.29, 0.717) is 12.3 Å². The van der Waals surface area contributed by atoms with E-state index in [1.165, 1.54) is 12.8 Å². The Morgan fingerprint density at radius 2 is 1.81 bits per heavy atom. The van der Waals surface area contributed by atoms with Crippen LogP contribution in [-0.2, 0) is 9.53 Å². The predicted octanol–water partition coefficient (Wildman–Crippen LogP) is 4.08. The van der Waals surface area contributed by atoms with Crippen molar-refractivity contribution in [3.05, 3.63) is 0 Å². The van der Waals surface area contributed by atoms with E-state index in [1.807, 2.05) is 34.6 Å². The summed E-state index contributed by atoms with van der Waals surface area (Å²) >= 11 is 0. The number of Topliss-reactive ketones (excluding diaryl/α,β-unsaturated/α-hetero) is 1. The molecule has 0 bridgehead atoms. The second kappa shape index (κ2) is 7.81. The smallest absolute Gasteiger partial charge is 0.408 e. The number of hydrogen-bond donors (Lipinski definition) is 1. The molecule has 1 aliphatic rings. The van der Waals surface area contributed by atoms with Crippen molar-refractivity contribution in [3.63, 3.8) is 0 Å². The normalized spacial score (nSPS) is 19.1. The average Bonchev–Trinajstić information content (AvgIpc) is 2.85. The van der Waals surface area contributed by atoms with Gasteiger partial charge in [0.25, 0.3) is 0 Å². The molecule has 0 unspecified atom stereocenters. The lowest BCUT2D eigenvalue weighted by Crippen LogP contribution is -2.47. The third kappa shape index (κ3) is 6.49. The molecule has 0 heterocycles. The largest absolute Gasteiger partial charge is 0.444 e. The first-order chi connectivity index (χ1) is 9.73. The van der Waals surface area contributed by atoms with Crippen LogP contribution >= 0.6 is 0 Å². The predicted molar refractivity (Wildman–Crippen MR) is 84.2 cm³/mol. The number of nitrogens with one attached hydrogen (secondary N) is 1. The van der Waals surface area contributed by atoms with E-state index in [4.69, 9.17) is 4.74 Å². The molecular weight excluding hydrogens is 266 g/mol. The van der Waals surface area contributed by atoms with Crippen molar-refractivity contribution < 1.29 is 14.3 Å². The number of ether oxygens (including phenoxy) is 1. The summed E-state index contributed by atoms with van der Waals surface area (Å²) in [6.07, 6.45) is 5.70. The van der Waals surface area contributed by atoms with Gasteiger partial charge in [-0.3, -0.25) is 4.79 Å². The molecule has 1 saturated carbocycles. The first-order valence-corrected chi connectivity index (χ1v) is 8.25. The summed E-state index contributed by atoms with van der Waals surface area (Å²) in [6.45, 7) is 9.52. The van der Waals surface area contributed by atoms with Crippen LogP contribution in [0.2, 0.25) is 0 Å². The molecule has 0 spiro atoms. The fourth-order valence-electron chi connectivity index (χ4n) is 2.84. The zero-order valence-electron chi connectivity index (χ0n) is 14.2. The number of alkyl carbamates (subject to hydrolysis) is 1. The third-order valence-corrected chi connectivity index (χ3v) is 4.20. The fourth-order valence-corrected chi connectivity index (χ4v) is 2.84. The van der Waals surface area contributed by atoms with Crippen molar-refractivity contribution in [1.82, 2.24) is 5.32 Å². The van der Waals surface area contributed by atoms with Gasteiger partial charge in [0.15, 0.2) is 5.78 Å². The SMILES string of the molecule is CC[C@@H](C)[C@@H](NC(=O)OC(C)(C)C)C(=O)CC1CCCC1. The van der Waals surface area contributed by atoms with Crippen LogP contribution in [-0.4, -0.2) is 23.5 Å². The molecule has 1 rings (SSSR count). The highest BCUT2D eigenvalue weighted by Crippen LogP contribution is 2.28. The first kappa shape index (κ1) is 18.0. The molecule has 1 amide bonds. The van der Waals surface area contributed by atoms with Crippen LogP contribution in [0.5, 0.6) is 0 Å². The zero-order valence-corrected chi connectivity index (χ0v) is 14.2. The second-order valence-corrected chi connectivity index (χ2v) is 7.33. The maximum Gasteiger partial charge on any atom is 0.408 e. The Morgan fingerprint density at radius 1 is 1.24 bits per heavy atom. The summed E-state index contributed by atoms with van der Waals surface area (Å²) < 4.78 is 5.28. The summed E-state index contributed by atoms with van der Waals surface area (Å²) in [5, 5.41) is 2.79. The van der Waals surface area contributed by atoms with Crippen LogP contribution in [0.3, 0.4) is 0 Å². The minimum atomic E-state index is -0.543. The van der Waals surface area contributed by atoms with Crippen LogP contribution in [0.1, 0.15) is 73.1 Å². The van der Waals surface area contributed by atoms with Crippen LogP contribution < -0.4 is 5.32 Å². The Labute approximate surface area is 129 Å². The van der Waals surface area contributed by atoms with Gasteiger partial charge in [-0.15, -0.1) is 0 Å². The molecule has 0 saturated heterocycles. The van der Waals surface area contributed by atoms with E-state index >= 15 is 0 Å². The van der Waals surface area contributed by atoms with Gasteiger partial charge in [-0.1, -0.05) is 46.0 Å². The molecule has 122 valence electrons. The van der Waals surface area contributed by atoms with Gasteiger partial charge in [-0.2, -0.15) is 0 Å². The van der Waals surface area contributed by atoms with E-state index in [0.717, 1.165) is 19.3 Å². The van der Waals surface area contributed by atoms with E-state index in [-0.39, 0.29) is 11.7 Å². The molecule has 1 N–H and O–H groups in total. The van der Waals surface area contributed by atoms with Gasteiger partial charge in [0.05, 0.1) is 6.04 Å². The Bertz CT molecular complexity index is 354. The summed E-state index contributed by atoms with van der Waals surface area (Å²) in [4.78, 5) is 24.5. The third-order valence-electron chi connectivity index (χ3n) is 4.20. The fraction of sp³-hybridized carbons (Fsp3) is 0.882. The van der Waals surface area contributed by atoms with E-state index in [2.05, 4.69) is 5.32 Å². The monoisotopic (exact) mass is 297 g/mol. The van der Waals surface area contributed by atoms with Crippen LogP contribution in [0.4, 0.5) is 4.79 Å². The first-order valence-electron chi connectivity index (χ1n) is 8.25. The van der Waals surface area contributed by atoms with E-state index < -0.39 is 17.7 Å². The van der Waals surface area contributed by atoms with Crippen molar-refractivity contribution in [2.45, 2.75) is 84.8 Å². The Balaban J connectivity index is 2.61. The Kier molecular flexibility index (Phi) is 6.69. The maximum atomic E-state index is 12.5. The molecule has 0 aliphatic heterocycles. The summed E-state index contributed by atoms with van der Waals surface area (Å²) in [5.41, 5.74) is -0.543. The molecule has 0 aromatic carbocycles. The highest BCUT2D eigenvalue weighted by molar-refractivity contribution is 5.87. The Hall–Kier alpha value is -1.06. The molecule has 0 aromatic heterocycles. The zero-order chi connectivity index (χ0) is 16.0. The Morgan fingerprint density at radius 3 is 2.29 bits per heavy atom. The van der Waals surface area contributed by atoms with Gasteiger partial charge >= 0.3 is 6.09 Å². The van der Waals surface area contributed by atoms with E-state index in [1.54, 1.807) is 0 Å². The van der Waals surface area contributed by atoms with Gasteiger partial charge in [0.1, 0.15) is 5.60 Å². The quantitative estimate of drug-likeness (QED) is 0.804. The lowest BCUT2D eigenvalue weighted by atomic mass is 9.89. The van der Waals surface area contributed by atoms with Crippen molar-refractivity contribution in [2.75, 3.05) is 0 Å². The lowest BCUT2D eigenvalue weighted by Gasteiger charge is -2.26. The molecular formula is C17H31NO3. The van der Waals surface area contributed by atoms with Gasteiger partial charge in [-0.25, -0.2) is 4.79 Å². The maximum absolute atomic E-state index is 12.5. The minimum Gasteiger partial charge on any atom is -0.444 e.